The van der Waals surface area contributed by atoms with E-state index in [0.717, 1.165) is 33.8 Å². The second kappa shape index (κ2) is 6.22. The van der Waals surface area contributed by atoms with Gasteiger partial charge in [0, 0.05) is 31.5 Å². The lowest BCUT2D eigenvalue weighted by Gasteiger charge is -2.10. The molecule has 0 aliphatic rings. The topological polar surface area (TPSA) is 65.1 Å². The fraction of sp³-hybridized carbons (Fsp3) is 0.200. The highest BCUT2D eigenvalue weighted by Crippen LogP contribution is 2.31. The first kappa shape index (κ1) is 16.2. The Morgan fingerprint density at radius 2 is 2.00 bits per heavy atom. The number of aryl methyl sites for hydroxylation is 2. The van der Waals surface area contributed by atoms with Crippen molar-refractivity contribution < 1.29 is 9.84 Å². The lowest BCUT2D eigenvalue weighted by atomic mass is 10.1. The van der Waals surface area contributed by atoms with Gasteiger partial charge in [0.15, 0.2) is 11.5 Å². The molecule has 0 unspecified atom stereocenters. The van der Waals surface area contributed by atoms with Crippen LogP contribution in [0.2, 0.25) is 0 Å². The zero-order valence-electron chi connectivity index (χ0n) is 15.0. The predicted molar refractivity (Wildman–Crippen MR) is 100 cm³/mol. The van der Waals surface area contributed by atoms with Crippen LogP contribution in [0, 0.1) is 6.92 Å². The van der Waals surface area contributed by atoms with Crippen LogP contribution in [0.4, 0.5) is 0 Å². The Labute approximate surface area is 151 Å². The van der Waals surface area contributed by atoms with Gasteiger partial charge in [-0.25, -0.2) is 9.97 Å². The molecule has 0 bridgehead atoms. The number of nitrogens with zero attached hydrogens (tertiary/aromatic N) is 4. The Morgan fingerprint density at radius 1 is 1.15 bits per heavy atom. The molecular formula is C20H20N4O2. The number of hydrogen-bond donors (Lipinski definition) is 1. The molecule has 0 spiro atoms. The molecule has 0 atom stereocenters. The van der Waals surface area contributed by atoms with Gasteiger partial charge in [-0.1, -0.05) is 6.07 Å². The fourth-order valence-electron chi connectivity index (χ4n) is 3.19. The molecule has 26 heavy (non-hydrogen) atoms. The highest BCUT2D eigenvalue weighted by Gasteiger charge is 2.11. The predicted octanol–water partition coefficient (Wildman–Crippen LogP) is 3.51. The number of benzene rings is 2. The summed E-state index contributed by atoms with van der Waals surface area (Å²) in [7, 11) is 3.56. The Hall–Kier alpha value is -3.28. The monoisotopic (exact) mass is 348 g/mol. The normalized spacial score (nSPS) is 11.2. The van der Waals surface area contributed by atoms with E-state index >= 15 is 0 Å². The van der Waals surface area contributed by atoms with Crippen LogP contribution in [0.25, 0.3) is 22.4 Å². The third-order valence-electron chi connectivity index (χ3n) is 4.67. The summed E-state index contributed by atoms with van der Waals surface area (Å²) in [5.41, 5.74) is 4.10. The van der Waals surface area contributed by atoms with Gasteiger partial charge in [-0.2, -0.15) is 0 Å². The van der Waals surface area contributed by atoms with E-state index in [9.17, 15) is 5.11 Å². The van der Waals surface area contributed by atoms with Crippen LogP contribution in [-0.4, -0.2) is 31.3 Å². The maximum absolute atomic E-state index is 10.0. The lowest BCUT2D eigenvalue weighted by molar-refractivity contribution is 0.373. The highest BCUT2D eigenvalue weighted by molar-refractivity contribution is 5.76. The summed E-state index contributed by atoms with van der Waals surface area (Å²) in [5.74, 6) is 2.34. The van der Waals surface area contributed by atoms with Crippen LogP contribution in [0.15, 0.2) is 48.8 Å². The van der Waals surface area contributed by atoms with Gasteiger partial charge in [-0.05, 0) is 42.8 Å². The fourth-order valence-corrected chi connectivity index (χ4v) is 3.19. The number of rotatable bonds is 4. The molecule has 0 saturated heterocycles. The van der Waals surface area contributed by atoms with Crippen molar-refractivity contribution in [3.8, 4) is 22.9 Å². The van der Waals surface area contributed by atoms with Crippen LogP contribution in [0.1, 0.15) is 11.4 Å². The van der Waals surface area contributed by atoms with Crippen molar-refractivity contribution in [2.75, 3.05) is 7.11 Å². The first-order chi connectivity index (χ1) is 12.6. The number of imidazole rings is 2. The first-order valence-corrected chi connectivity index (χ1v) is 8.37. The SMILES string of the molecule is COc1ccc(-c2nccn2Cc2ccc3c(c2)nc(C)n3C)cc1O. The summed E-state index contributed by atoms with van der Waals surface area (Å²) in [6.07, 6.45) is 3.70. The number of phenols is 1. The first-order valence-electron chi connectivity index (χ1n) is 8.37. The van der Waals surface area contributed by atoms with E-state index in [1.807, 2.05) is 26.2 Å². The summed E-state index contributed by atoms with van der Waals surface area (Å²) < 4.78 is 9.25. The quantitative estimate of drug-likeness (QED) is 0.613. The number of aromatic hydroxyl groups is 1. The van der Waals surface area contributed by atoms with Gasteiger partial charge < -0.3 is 19.0 Å². The number of hydrogen-bond acceptors (Lipinski definition) is 4. The summed E-state index contributed by atoms with van der Waals surface area (Å²) in [6.45, 7) is 2.68. The molecule has 0 radical (unpaired) electrons. The number of ether oxygens (including phenoxy) is 1. The smallest absolute Gasteiger partial charge is 0.160 e. The van der Waals surface area contributed by atoms with Crippen LogP contribution < -0.4 is 4.74 Å². The van der Waals surface area contributed by atoms with E-state index in [2.05, 4.69) is 37.3 Å². The van der Waals surface area contributed by atoms with E-state index in [4.69, 9.17) is 4.74 Å². The molecule has 0 aliphatic heterocycles. The Kier molecular flexibility index (Phi) is 3.88. The van der Waals surface area contributed by atoms with Crippen molar-refractivity contribution in [3.63, 3.8) is 0 Å². The molecule has 4 aromatic rings. The van der Waals surface area contributed by atoms with Crippen LogP contribution in [0.5, 0.6) is 11.5 Å². The molecule has 0 amide bonds. The summed E-state index contributed by atoms with van der Waals surface area (Å²) in [6, 6.07) is 11.6. The van der Waals surface area contributed by atoms with Crippen molar-refractivity contribution in [2.45, 2.75) is 13.5 Å². The summed E-state index contributed by atoms with van der Waals surface area (Å²) in [5, 5.41) is 10.0. The molecule has 2 aromatic heterocycles. The summed E-state index contributed by atoms with van der Waals surface area (Å²) in [4.78, 5) is 9.06. The lowest BCUT2D eigenvalue weighted by Crippen LogP contribution is -2.01. The van der Waals surface area contributed by atoms with Crippen molar-refractivity contribution in [1.29, 1.82) is 0 Å². The van der Waals surface area contributed by atoms with E-state index in [0.29, 0.717) is 12.3 Å². The molecule has 0 fully saturated rings. The van der Waals surface area contributed by atoms with Gasteiger partial charge in [0.05, 0.1) is 18.1 Å². The van der Waals surface area contributed by atoms with Crippen molar-refractivity contribution in [2.24, 2.45) is 7.05 Å². The standard InChI is InChI=1S/C20H20N4O2/c1-13-22-16-10-14(4-6-17(16)23(13)2)12-24-9-8-21-20(24)15-5-7-19(26-3)18(25)11-15/h4-11,25H,12H2,1-3H3. The minimum Gasteiger partial charge on any atom is -0.504 e. The van der Waals surface area contributed by atoms with Gasteiger partial charge in [0.25, 0.3) is 0 Å². The zero-order valence-corrected chi connectivity index (χ0v) is 15.0. The van der Waals surface area contributed by atoms with E-state index < -0.39 is 0 Å². The van der Waals surface area contributed by atoms with E-state index in [1.54, 1.807) is 18.3 Å². The molecule has 1 N–H and O–H groups in total. The molecule has 0 saturated carbocycles. The number of fused-ring (bicyclic) bond motifs is 1. The van der Waals surface area contributed by atoms with Crippen molar-refractivity contribution in [3.05, 3.63) is 60.2 Å². The maximum Gasteiger partial charge on any atom is 0.160 e. The van der Waals surface area contributed by atoms with Crippen LogP contribution >= 0.6 is 0 Å². The zero-order chi connectivity index (χ0) is 18.3. The van der Waals surface area contributed by atoms with Gasteiger partial charge in [0.2, 0.25) is 0 Å². The van der Waals surface area contributed by atoms with E-state index in [-0.39, 0.29) is 5.75 Å². The molecule has 0 aliphatic carbocycles. The second-order valence-electron chi connectivity index (χ2n) is 6.31. The maximum atomic E-state index is 10.0. The second-order valence-corrected chi connectivity index (χ2v) is 6.31. The largest absolute Gasteiger partial charge is 0.504 e. The molecule has 2 aromatic carbocycles. The minimum absolute atomic E-state index is 0.102. The Morgan fingerprint density at radius 3 is 2.77 bits per heavy atom. The Balaban J connectivity index is 1.68. The molecule has 6 heteroatoms. The molecular weight excluding hydrogens is 328 g/mol. The van der Waals surface area contributed by atoms with Crippen molar-refractivity contribution in [1.82, 2.24) is 19.1 Å². The third-order valence-corrected chi connectivity index (χ3v) is 4.67. The van der Waals surface area contributed by atoms with Gasteiger partial charge in [0.1, 0.15) is 11.6 Å². The van der Waals surface area contributed by atoms with Crippen LogP contribution in [-0.2, 0) is 13.6 Å². The van der Waals surface area contributed by atoms with Crippen molar-refractivity contribution >= 4 is 11.0 Å². The summed E-state index contributed by atoms with van der Waals surface area (Å²) >= 11 is 0. The Bertz CT molecular complexity index is 1090. The molecule has 132 valence electrons. The average Bonchev–Trinajstić information content (AvgIpc) is 3.19. The van der Waals surface area contributed by atoms with Gasteiger partial charge in [-0.15, -0.1) is 0 Å². The average molecular weight is 348 g/mol. The number of methoxy groups -OCH3 is 1. The number of aromatic nitrogens is 4. The van der Waals surface area contributed by atoms with Crippen LogP contribution in [0.3, 0.4) is 0 Å². The van der Waals surface area contributed by atoms with Gasteiger partial charge in [-0.3, -0.25) is 0 Å². The number of phenolic OH excluding ortho intramolecular Hbond substituents is 1. The molecule has 2 heterocycles. The molecule has 4 rings (SSSR count). The highest BCUT2D eigenvalue weighted by atomic mass is 16.5. The van der Waals surface area contributed by atoms with Gasteiger partial charge >= 0.3 is 0 Å². The third kappa shape index (κ3) is 2.69. The van der Waals surface area contributed by atoms with E-state index in [1.165, 1.54) is 7.11 Å². The minimum atomic E-state index is 0.102. The molecule has 6 nitrogen and oxygen atoms in total.